The van der Waals surface area contributed by atoms with E-state index >= 15 is 0 Å². The van der Waals surface area contributed by atoms with Crippen molar-refractivity contribution in [1.29, 1.82) is 0 Å². The lowest BCUT2D eigenvalue weighted by Crippen LogP contribution is -2.36. The standard InChI is InChI=1S/C28H32N6O4/c1-19(35)32-23-5-3-4-21(14-23)17-30-26-16-28(31-18-22(26)15-27(29)37)34(20(2)36)25-8-6-24(7-9-25)33-10-12-38-13-11-33/h3-9,14,16,18H,10-13,15,17H2,1-2H3,(H2,29,37)(H,30,31)(H,32,35). The van der Waals surface area contributed by atoms with Crippen LogP contribution in [-0.4, -0.2) is 49.0 Å². The first-order valence-corrected chi connectivity index (χ1v) is 12.4. The molecule has 0 unspecified atom stereocenters. The van der Waals surface area contributed by atoms with Gasteiger partial charge in [0.2, 0.25) is 17.7 Å². The van der Waals surface area contributed by atoms with Crippen LogP contribution in [-0.2, 0) is 32.1 Å². The minimum Gasteiger partial charge on any atom is -0.381 e. The Morgan fingerprint density at radius 2 is 1.79 bits per heavy atom. The summed E-state index contributed by atoms with van der Waals surface area (Å²) in [6, 6.07) is 16.9. The third-order valence-electron chi connectivity index (χ3n) is 6.10. The number of aromatic nitrogens is 1. The molecular weight excluding hydrogens is 484 g/mol. The first kappa shape index (κ1) is 26.6. The van der Waals surface area contributed by atoms with Gasteiger partial charge in [0, 0.05) is 68.4 Å². The fourth-order valence-corrected chi connectivity index (χ4v) is 4.36. The van der Waals surface area contributed by atoms with Crippen LogP contribution in [0.1, 0.15) is 25.0 Å². The molecule has 0 radical (unpaired) electrons. The number of amides is 3. The van der Waals surface area contributed by atoms with Crippen molar-refractivity contribution in [3.8, 4) is 0 Å². The number of pyridine rings is 1. The van der Waals surface area contributed by atoms with Crippen LogP contribution in [0.25, 0.3) is 0 Å². The molecule has 1 aliphatic heterocycles. The van der Waals surface area contributed by atoms with Crippen molar-refractivity contribution in [2.75, 3.05) is 46.7 Å². The predicted octanol–water partition coefficient (Wildman–Crippen LogP) is 3.20. The Balaban J connectivity index is 1.59. The minimum absolute atomic E-state index is 0.00410. The highest BCUT2D eigenvalue weighted by atomic mass is 16.5. The van der Waals surface area contributed by atoms with Gasteiger partial charge in [-0.2, -0.15) is 0 Å². The first-order chi connectivity index (χ1) is 18.3. The number of rotatable bonds is 9. The van der Waals surface area contributed by atoms with Crippen molar-refractivity contribution in [3.63, 3.8) is 0 Å². The van der Waals surface area contributed by atoms with Crippen LogP contribution in [0.4, 0.5) is 28.6 Å². The third-order valence-corrected chi connectivity index (χ3v) is 6.10. The maximum atomic E-state index is 12.7. The number of ether oxygens (including phenoxy) is 1. The normalized spacial score (nSPS) is 13.1. The second-order valence-corrected chi connectivity index (χ2v) is 9.05. The molecule has 2 aromatic carbocycles. The molecule has 3 aromatic rings. The van der Waals surface area contributed by atoms with E-state index in [0.717, 1.165) is 24.3 Å². The highest BCUT2D eigenvalue weighted by molar-refractivity contribution is 5.98. The number of hydrogen-bond acceptors (Lipinski definition) is 7. The lowest BCUT2D eigenvalue weighted by Gasteiger charge is -2.29. The fraction of sp³-hybridized carbons (Fsp3) is 0.286. The number of carbonyl (C=O) groups excluding carboxylic acids is 3. The zero-order valence-electron chi connectivity index (χ0n) is 21.6. The molecule has 38 heavy (non-hydrogen) atoms. The average Bonchev–Trinajstić information content (AvgIpc) is 2.89. The summed E-state index contributed by atoms with van der Waals surface area (Å²) in [5.74, 6) is -0.426. The van der Waals surface area contributed by atoms with Crippen LogP contribution < -0.4 is 26.2 Å². The lowest BCUT2D eigenvalue weighted by atomic mass is 10.1. The molecule has 1 saturated heterocycles. The fourth-order valence-electron chi connectivity index (χ4n) is 4.36. The Bertz CT molecular complexity index is 1300. The second-order valence-electron chi connectivity index (χ2n) is 9.05. The van der Waals surface area contributed by atoms with Crippen molar-refractivity contribution in [2.24, 2.45) is 5.73 Å². The van der Waals surface area contributed by atoms with Gasteiger partial charge < -0.3 is 26.0 Å². The van der Waals surface area contributed by atoms with Gasteiger partial charge in [0.15, 0.2) is 0 Å². The minimum atomic E-state index is -0.489. The highest BCUT2D eigenvalue weighted by Gasteiger charge is 2.19. The van der Waals surface area contributed by atoms with Crippen LogP contribution in [0.5, 0.6) is 0 Å². The SMILES string of the molecule is CC(=O)Nc1cccc(CNc2cc(N(C(C)=O)c3ccc(N4CCOCC4)cc3)ncc2CC(N)=O)c1. The Hall–Kier alpha value is -4.44. The van der Waals surface area contributed by atoms with Gasteiger partial charge in [-0.1, -0.05) is 12.1 Å². The number of nitrogens with one attached hydrogen (secondary N) is 2. The molecular formula is C28H32N6O4. The summed E-state index contributed by atoms with van der Waals surface area (Å²) >= 11 is 0. The predicted molar refractivity (Wildman–Crippen MR) is 148 cm³/mol. The van der Waals surface area contributed by atoms with Gasteiger partial charge in [0.25, 0.3) is 0 Å². The van der Waals surface area contributed by atoms with Crippen molar-refractivity contribution in [2.45, 2.75) is 26.8 Å². The molecule has 1 aliphatic rings. The van der Waals surface area contributed by atoms with Crippen molar-refractivity contribution in [3.05, 3.63) is 71.9 Å². The third kappa shape index (κ3) is 6.86. The number of benzene rings is 2. The van der Waals surface area contributed by atoms with E-state index in [1.165, 1.54) is 18.7 Å². The molecule has 3 amide bonds. The van der Waals surface area contributed by atoms with E-state index < -0.39 is 5.91 Å². The summed E-state index contributed by atoms with van der Waals surface area (Å²) < 4.78 is 5.43. The molecule has 0 saturated carbocycles. The maximum Gasteiger partial charge on any atom is 0.229 e. The summed E-state index contributed by atoms with van der Waals surface area (Å²) in [5.41, 5.74) is 10.1. The number of nitrogens with zero attached hydrogens (tertiary/aromatic N) is 3. The average molecular weight is 517 g/mol. The summed E-state index contributed by atoms with van der Waals surface area (Å²) in [7, 11) is 0. The maximum absolute atomic E-state index is 12.7. The second kappa shape index (κ2) is 12.2. The van der Waals surface area contributed by atoms with Crippen molar-refractivity contribution < 1.29 is 19.1 Å². The first-order valence-electron chi connectivity index (χ1n) is 12.4. The number of hydrogen-bond donors (Lipinski definition) is 3. The molecule has 10 nitrogen and oxygen atoms in total. The largest absolute Gasteiger partial charge is 0.381 e. The number of anilines is 5. The molecule has 0 atom stereocenters. The van der Waals surface area contributed by atoms with Gasteiger partial charge >= 0.3 is 0 Å². The molecule has 10 heteroatoms. The number of primary amides is 1. The van der Waals surface area contributed by atoms with E-state index in [1.54, 1.807) is 12.3 Å². The van der Waals surface area contributed by atoms with E-state index in [4.69, 9.17) is 10.5 Å². The Labute approximate surface area is 221 Å². The number of nitrogens with two attached hydrogens (primary N) is 1. The van der Waals surface area contributed by atoms with Gasteiger partial charge in [-0.05, 0) is 42.0 Å². The van der Waals surface area contributed by atoms with Crippen LogP contribution in [0.2, 0.25) is 0 Å². The number of morpholine rings is 1. The quantitative estimate of drug-likeness (QED) is 0.398. The Morgan fingerprint density at radius 3 is 2.45 bits per heavy atom. The van der Waals surface area contributed by atoms with E-state index in [9.17, 15) is 14.4 Å². The molecule has 0 aliphatic carbocycles. The number of carbonyl (C=O) groups is 3. The monoisotopic (exact) mass is 516 g/mol. The summed E-state index contributed by atoms with van der Waals surface area (Å²) in [6.45, 7) is 6.37. The van der Waals surface area contributed by atoms with Gasteiger partial charge in [-0.25, -0.2) is 4.98 Å². The summed E-state index contributed by atoms with van der Waals surface area (Å²) in [5, 5.41) is 6.11. The Kier molecular flexibility index (Phi) is 8.55. The van der Waals surface area contributed by atoms with Crippen molar-refractivity contribution in [1.82, 2.24) is 4.98 Å². The van der Waals surface area contributed by atoms with Gasteiger partial charge in [-0.15, -0.1) is 0 Å². The molecule has 1 aromatic heterocycles. The summed E-state index contributed by atoms with van der Waals surface area (Å²) in [6.07, 6.45) is 1.56. The molecule has 4 N–H and O–H groups in total. The van der Waals surface area contributed by atoms with E-state index in [-0.39, 0.29) is 18.2 Å². The van der Waals surface area contributed by atoms with Crippen LogP contribution in [0.15, 0.2) is 60.8 Å². The highest BCUT2D eigenvalue weighted by Crippen LogP contribution is 2.30. The van der Waals surface area contributed by atoms with Gasteiger partial charge in [0.05, 0.1) is 25.3 Å². The molecule has 198 valence electrons. The summed E-state index contributed by atoms with van der Waals surface area (Å²) in [4.78, 5) is 44.1. The molecule has 4 rings (SSSR count). The topological polar surface area (TPSA) is 130 Å². The molecule has 0 spiro atoms. The van der Waals surface area contributed by atoms with Crippen LogP contribution in [0.3, 0.4) is 0 Å². The molecule has 1 fully saturated rings. The van der Waals surface area contributed by atoms with E-state index in [2.05, 4.69) is 20.5 Å². The molecule has 0 bridgehead atoms. The van der Waals surface area contributed by atoms with Gasteiger partial charge in [-0.3, -0.25) is 19.3 Å². The van der Waals surface area contributed by atoms with E-state index in [1.807, 2.05) is 48.5 Å². The molecule has 2 heterocycles. The Morgan fingerprint density at radius 1 is 1.05 bits per heavy atom. The van der Waals surface area contributed by atoms with E-state index in [0.29, 0.717) is 48.2 Å². The van der Waals surface area contributed by atoms with Crippen LogP contribution >= 0.6 is 0 Å². The zero-order chi connectivity index (χ0) is 27.1. The smallest absolute Gasteiger partial charge is 0.229 e. The zero-order valence-corrected chi connectivity index (χ0v) is 21.6. The van der Waals surface area contributed by atoms with Gasteiger partial charge in [0.1, 0.15) is 5.82 Å². The lowest BCUT2D eigenvalue weighted by molar-refractivity contribution is -0.117. The van der Waals surface area contributed by atoms with Crippen LogP contribution in [0, 0.1) is 0 Å². The van der Waals surface area contributed by atoms with Crippen molar-refractivity contribution >= 4 is 46.3 Å².